The summed E-state index contributed by atoms with van der Waals surface area (Å²) in [5.74, 6) is 0.439. The zero-order valence-corrected chi connectivity index (χ0v) is 11.9. The fourth-order valence-electron chi connectivity index (χ4n) is 1.93. The molecule has 0 saturated carbocycles. The van der Waals surface area contributed by atoms with Crippen molar-refractivity contribution in [2.45, 2.75) is 13.3 Å². The van der Waals surface area contributed by atoms with Crippen LogP contribution in [-0.4, -0.2) is 37.8 Å². The van der Waals surface area contributed by atoms with Gasteiger partial charge < -0.3 is 10.6 Å². The van der Waals surface area contributed by atoms with Crippen molar-refractivity contribution in [2.24, 2.45) is 7.05 Å². The molecule has 2 aromatic rings. The molecule has 9 nitrogen and oxygen atoms in total. The summed E-state index contributed by atoms with van der Waals surface area (Å²) in [6.45, 7) is 2.91. The highest BCUT2D eigenvalue weighted by Gasteiger charge is 2.22. The molecule has 0 atom stereocenters. The molecule has 2 aromatic heterocycles. The van der Waals surface area contributed by atoms with Gasteiger partial charge in [0.05, 0.1) is 4.92 Å². The fraction of sp³-hybridized carbons (Fsp3) is 0.417. The lowest BCUT2D eigenvalue weighted by molar-refractivity contribution is -0.383. The Morgan fingerprint density at radius 3 is 2.62 bits per heavy atom. The van der Waals surface area contributed by atoms with E-state index in [1.807, 2.05) is 20.0 Å². The summed E-state index contributed by atoms with van der Waals surface area (Å²) in [5, 5.41) is 21.1. The van der Waals surface area contributed by atoms with Crippen LogP contribution in [0.15, 0.2) is 18.6 Å². The molecule has 112 valence electrons. The van der Waals surface area contributed by atoms with Gasteiger partial charge in [-0.05, 0) is 13.0 Å². The van der Waals surface area contributed by atoms with Crippen molar-refractivity contribution in [2.75, 3.05) is 23.7 Å². The summed E-state index contributed by atoms with van der Waals surface area (Å²) in [6, 6.07) is 1.90. The van der Waals surface area contributed by atoms with Crippen molar-refractivity contribution in [1.29, 1.82) is 0 Å². The van der Waals surface area contributed by atoms with Gasteiger partial charge in [-0.3, -0.25) is 14.8 Å². The predicted octanol–water partition coefficient (Wildman–Crippen LogP) is 1.20. The van der Waals surface area contributed by atoms with Gasteiger partial charge in [-0.2, -0.15) is 5.10 Å². The zero-order valence-electron chi connectivity index (χ0n) is 11.9. The molecule has 0 spiro atoms. The van der Waals surface area contributed by atoms with E-state index in [0.29, 0.717) is 19.5 Å². The molecule has 0 unspecified atom stereocenters. The summed E-state index contributed by atoms with van der Waals surface area (Å²) in [4.78, 5) is 18.6. The van der Waals surface area contributed by atoms with E-state index in [1.54, 1.807) is 10.9 Å². The Kier molecular flexibility index (Phi) is 4.64. The van der Waals surface area contributed by atoms with Gasteiger partial charge in [0, 0.05) is 38.4 Å². The molecule has 0 aliphatic heterocycles. The first-order chi connectivity index (χ1) is 10.1. The second kappa shape index (κ2) is 6.64. The van der Waals surface area contributed by atoms with Crippen molar-refractivity contribution in [1.82, 2.24) is 19.7 Å². The standard InChI is InChI=1S/C12H17N7O2/c1-3-13-11-10(19(20)21)12(16-8-15-11)14-6-4-9-5-7-17-18(9)2/h5,7-8H,3-4,6H2,1-2H3,(H2,13,14,15,16). The number of hydrogen-bond donors (Lipinski definition) is 2. The van der Waals surface area contributed by atoms with E-state index in [9.17, 15) is 10.1 Å². The lowest BCUT2D eigenvalue weighted by atomic mass is 10.3. The van der Waals surface area contributed by atoms with Crippen molar-refractivity contribution in [3.63, 3.8) is 0 Å². The Labute approximate surface area is 121 Å². The largest absolute Gasteiger partial charge is 0.364 e. The van der Waals surface area contributed by atoms with Crippen LogP contribution in [-0.2, 0) is 13.5 Å². The second-order valence-corrected chi connectivity index (χ2v) is 4.33. The molecule has 0 bridgehead atoms. The van der Waals surface area contributed by atoms with Crippen molar-refractivity contribution in [3.8, 4) is 0 Å². The molecule has 0 aromatic carbocycles. The lowest BCUT2D eigenvalue weighted by Gasteiger charge is -2.09. The maximum atomic E-state index is 11.2. The number of aryl methyl sites for hydroxylation is 1. The first-order valence-corrected chi connectivity index (χ1v) is 6.57. The van der Waals surface area contributed by atoms with Crippen LogP contribution in [0.2, 0.25) is 0 Å². The minimum Gasteiger partial charge on any atom is -0.364 e. The summed E-state index contributed by atoms with van der Waals surface area (Å²) < 4.78 is 1.76. The van der Waals surface area contributed by atoms with Crippen LogP contribution < -0.4 is 10.6 Å². The van der Waals surface area contributed by atoms with Crippen LogP contribution in [0, 0.1) is 10.1 Å². The van der Waals surface area contributed by atoms with Crippen molar-refractivity contribution >= 4 is 17.3 Å². The van der Waals surface area contributed by atoms with Crippen LogP contribution in [0.25, 0.3) is 0 Å². The molecule has 2 N–H and O–H groups in total. The van der Waals surface area contributed by atoms with Gasteiger partial charge in [0.2, 0.25) is 11.6 Å². The van der Waals surface area contributed by atoms with Crippen LogP contribution >= 0.6 is 0 Å². The van der Waals surface area contributed by atoms with Crippen LogP contribution in [0.1, 0.15) is 12.6 Å². The zero-order chi connectivity index (χ0) is 15.2. The Balaban J connectivity index is 2.10. The molecular formula is C12H17N7O2. The number of hydrogen-bond acceptors (Lipinski definition) is 7. The number of anilines is 2. The Bertz CT molecular complexity index is 626. The number of aromatic nitrogens is 4. The Morgan fingerprint density at radius 1 is 1.33 bits per heavy atom. The van der Waals surface area contributed by atoms with E-state index in [-0.39, 0.29) is 17.3 Å². The minimum absolute atomic E-state index is 0.135. The molecule has 0 saturated heterocycles. The topological polar surface area (TPSA) is 111 Å². The highest BCUT2D eigenvalue weighted by atomic mass is 16.6. The fourth-order valence-corrected chi connectivity index (χ4v) is 1.93. The third kappa shape index (κ3) is 3.44. The van der Waals surface area contributed by atoms with Gasteiger partial charge in [0.1, 0.15) is 6.33 Å². The number of nitrogens with one attached hydrogen (secondary N) is 2. The average molecular weight is 291 g/mol. The van der Waals surface area contributed by atoms with E-state index in [4.69, 9.17) is 0 Å². The first-order valence-electron chi connectivity index (χ1n) is 6.57. The van der Waals surface area contributed by atoms with E-state index >= 15 is 0 Å². The van der Waals surface area contributed by atoms with E-state index in [0.717, 1.165) is 5.69 Å². The van der Waals surface area contributed by atoms with Crippen molar-refractivity contribution < 1.29 is 4.92 Å². The average Bonchev–Trinajstić information content (AvgIpc) is 2.85. The Morgan fingerprint density at radius 2 is 2.05 bits per heavy atom. The normalized spacial score (nSPS) is 10.4. The van der Waals surface area contributed by atoms with Gasteiger partial charge in [-0.1, -0.05) is 0 Å². The van der Waals surface area contributed by atoms with Crippen molar-refractivity contribution in [3.05, 3.63) is 34.4 Å². The predicted molar refractivity (Wildman–Crippen MR) is 78.3 cm³/mol. The van der Waals surface area contributed by atoms with Gasteiger partial charge in [-0.25, -0.2) is 9.97 Å². The number of nitrogens with zero attached hydrogens (tertiary/aromatic N) is 5. The molecule has 0 amide bonds. The van der Waals surface area contributed by atoms with E-state index in [2.05, 4.69) is 25.7 Å². The summed E-state index contributed by atoms with van der Waals surface area (Å²) in [5.41, 5.74) is 0.899. The molecule has 21 heavy (non-hydrogen) atoms. The summed E-state index contributed by atoms with van der Waals surface area (Å²) >= 11 is 0. The quantitative estimate of drug-likeness (QED) is 0.582. The minimum atomic E-state index is -0.482. The smallest absolute Gasteiger partial charge is 0.353 e. The Hall–Kier alpha value is -2.71. The summed E-state index contributed by atoms with van der Waals surface area (Å²) in [6.07, 6.45) is 3.71. The van der Waals surface area contributed by atoms with E-state index in [1.165, 1.54) is 6.33 Å². The lowest BCUT2D eigenvalue weighted by Crippen LogP contribution is -2.13. The molecule has 0 radical (unpaired) electrons. The van der Waals surface area contributed by atoms with Gasteiger partial charge in [0.25, 0.3) is 0 Å². The summed E-state index contributed by atoms with van der Waals surface area (Å²) in [7, 11) is 1.85. The molecular weight excluding hydrogens is 274 g/mol. The van der Waals surface area contributed by atoms with Gasteiger partial charge in [0.15, 0.2) is 0 Å². The molecule has 0 fully saturated rings. The molecule has 0 aliphatic carbocycles. The number of nitro groups is 1. The van der Waals surface area contributed by atoms with Crippen LogP contribution in [0.4, 0.5) is 17.3 Å². The van der Waals surface area contributed by atoms with Crippen LogP contribution in [0.3, 0.4) is 0 Å². The highest BCUT2D eigenvalue weighted by Crippen LogP contribution is 2.28. The maximum Gasteiger partial charge on any atom is 0.353 e. The van der Waals surface area contributed by atoms with Crippen LogP contribution in [0.5, 0.6) is 0 Å². The molecule has 0 aliphatic rings. The third-order valence-electron chi connectivity index (χ3n) is 2.95. The maximum absolute atomic E-state index is 11.2. The van der Waals surface area contributed by atoms with Gasteiger partial charge in [-0.15, -0.1) is 0 Å². The molecule has 2 heterocycles. The van der Waals surface area contributed by atoms with E-state index < -0.39 is 4.92 Å². The molecule has 9 heteroatoms. The molecule has 2 rings (SSSR count). The SMILES string of the molecule is CCNc1ncnc(NCCc2ccnn2C)c1[N+](=O)[O-]. The number of rotatable bonds is 7. The monoisotopic (exact) mass is 291 g/mol. The first kappa shape index (κ1) is 14.7. The third-order valence-corrected chi connectivity index (χ3v) is 2.95. The van der Waals surface area contributed by atoms with Gasteiger partial charge >= 0.3 is 5.69 Å². The highest BCUT2D eigenvalue weighted by molar-refractivity contribution is 5.69. The second-order valence-electron chi connectivity index (χ2n) is 4.33.